The van der Waals surface area contributed by atoms with Crippen LogP contribution in [0.4, 0.5) is 10.5 Å². The fraction of sp³-hybridized carbons (Fsp3) is 0.614. The zero-order valence-electron chi connectivity index (χ0n) is 49.8. The van der Waals surface area contributed by atoms with Crippen molar-refractivity contribution in [3.05, 3.63) is 65.1 Å². The number of methoxy groups -OCH3 is 5. The van der Waals surface area contributed by atoms with Gasteiger partial charge in [0, 0.05) is 55.4 Å². The van der Waals surface area contributed by atoms with E-state index in [4.69, 9.17) is 66.4 Å². The number of hydrogen-bond donors (Lipinski definition) is 8. The molecule has 8 N–H and O–H groups in total. The minimum absolute atomic E-state index is 0.0842. The van der Waals surface area contributed by atoms with Crippen LogP contribution >= 0.6 is 43.2 Å². The molecule has 87 heavy (non-hydrogen) atoms. The third-order valence-electron chi connectivity index (χ3n) is 15.1. The molecule has 2 amide bonds. The van der Waals surface area contributed by atoms with Gasteiger partial charge in [-0.05, 0) is 62.3 Å². The Labute approximate surface area is 520 Å². The van der Waals surface area contributed by atoms with Crippen LogP contribution in [-0.4, -0.2) is 227 Å². The Kier molecular flexibility index (Phi) is 26.0. The topological polar surface area (TPSA) is 327 Å². The summed E-state index contributed by atoms with van der Waals surface area (Å²) in [6.07, 6.45) is -11.7. The number of carbonyl (C=O) groups excluding carboxylic acids is 4. The van der Waals surface area contributed by atoms with Gasteiger partial charge in [0.05, 0.1) is 99.8 Å². The summed E-state index contributed by atoms with van der Waals surface area (Å²) in [4.78, 5) is 62.3. The van der Waals surface area contributed by atoms with Gasteiger partial charge in [0.1, 0.15) is 30.5 Å². The molecule has 4 aliphatic heterocycles. The maximum Gasteiger partial charge on any atom is 0.411 e. The van der Waals surface area contributed by atoms with Gasteiger partial charge in [-0.1, -0.05) is 57.9 Å². The molecule has 6 aliphatic rings. The number of ketones is 1. The number of Topliss-reactive ketones (excluding diaryl/α,β-unsaturated/α-hetero) is 1. The maximum absolute atomic E-state index is 15.6. The Morgan fingerprint density at radius 2 is 1.56 bits per heavy atom. The number of benzene rings is 1. The molecule has 0 spiro atoms. The molecule has 0 radical (unpaired) electrons. The number of nitrogens with one attached hydrogen (secondary N) is 4. The minimum Gasteiger partial charge on any atom is -0.493 e. The fourth-order valence-electron chi connectivity index (χ4n) is 10.5. The van der Waals surface area contributed by atoms with Gasteiger partial charge >= 0.3 is 12.1 Å². The van der Waals surface area contributed by atoms with Crippen molar-refractivity contribution >= 4 is 72.6 Å². The van der Waals surface area contributed by atoms with Crippen molar-refractivity contribution in [2.75, 3.05) is 72.8 Å². The number of hydroxylamine groups is 1. The highest BCUT2D eigenvalue weighted by molar-refractivity contribution is 9.09. The fourth-order valence-corrected chi connectivity index (χ4v) is 13.8. The van der Waals surface area contributed by atoms with Gasteiger partial charge in [-0.2, -0.15) is 17.2 Å². The number of allylic oxidation sites excluding steroid dienone is 2. The van der Waals surface area contributed by atoms with Gasteiger partial charge in [0.25, 0.3) is 5.91 Å². The third kappa shape index (κ3) is 16.7. The smallest absolute Gasteiger partial charge is 0.411 e. The summed E-state index contributed by atoms with van der Waals surface area (Å²) in [5.41, 5.74) is -0.961. The summed E-state index contributed by atoms with van der Waals surface area (Å²) >= 11 is 1.47. The van der Waals surface area contributed by atoms with Crippen LogP contribution in [0.25, 0.3) is 0 Å². The van der Waals surface area contributed by atoms with Gasteiger partial charge < -0.3 is 92.6 Å². The molecule has 0 unspecified atom stereocenters. The van der Waals surface area contributed by atoms with Gasteiger partial charge in [-0.15, -0.1) is 0 Å². The second-order valence-corrected chi connectivity index (χ2v) is 25.8. The molecular formula is C57H76N4O22S4. The number of rotatable bonds is 24. The molecule has 26 nitrogen and oxygen atoms in total. The predicted octanol–water partition coefficient (Wildman–Crippen LogP) is 2.64. The Balaban J connectivity index is 1.27. The second kappa shape index (κ2) is 32.4. The molecule has 0 saturated carbocycles. The van der Waals surface area contributed by atoms with Crippen LogP contribution in [0.1, 0.15) is 50.4 Å². The molecule has 19 atom stereocenters. The van der Waals surface area contributed by atoms with E-state index in [1.807, 2.05) is 19.4 Å². The van der Waals surface area contributed by atoms with Crippen molar-refractivity contribution < 1.29 is 106 Å². The first-order valence-electron chi connectivity index (χ1n) is 27.5. The van der Waals surface area contributed by atoms with Crippen molar-refractivity contribution in [2.45, 2.75) is 155 Å². The summed E-state index contributed by atoms with van der Waals surface area (Å²) < 4.78 is 77.5. The number of thioether (sulfide) groups is 1. The summed E-state index contributed by atoms with van der Waals surface area (Å²) in [6, 6.07) is 1.31. The molecule has 0 aromatic heterocycles. The highest BCUT2D eigenvalue weighted by atomic mass is 33.5. The van der Waals surface area contributed by atoms with E-state index in [0.29, 0.717) is 0 Å². The van der Waals surface area contributed by atoms with Crippen molar-refractivity contribution in [1.29, 1.82) is 0 Å². The highest BCUT2D eigenvalue weighted by Gasteiger charge is 2.57. The van der Waals surface area contributed by atoms with Crippen molar-refractivity contribution in [1.82, 2.24) is 16.1 Å². The first-order valence-corrected chi connectivity index (χ1v) is 32.9. The van der Waals surface area contributed by atoms with Crippen LogP contribution in [0.3, 0.4) is 0 Å². The van der Waals surface area contributed by atoms with E-state index >= 15 is 4.79 Å². The summed E-state index contributed by atoms with van der Waals surface area (Å²) in [7, 11) is 12.5. The number of ether oxygens (including phenoxy) is 13. The normalized spacial score (nSPS) is 34.9. The number of aliphatic hydroxyl groups excluding tert-OH is 3. The van der Waals surface area contributed by atoms with Gasteiger partial charge in [-0.25, -0.2) is 9.59 Å². The van der Waals surface area contributed by atoms with Crippen LogP contribution in [0.15, 0.2) is 59.5 Å². The average molecular weight is 1300 g/mol. The lowest BCUT2D eigenvalue weighted by atomic mass is 9.73. The van der Waals surface area contributed by atoms with E-state index in [2.05, 4.69) is 51.7 Å². The molecule has 4 heterocycles. The molecule has 2 bridgehead atoms. The van der Waals surface area contributed by atoms with Crippen LogP contribution in [-0.2, 0) is 66.5 Å². The zero-order valence-corrected chi connectivity index (χ0v) is 53.1. The Morgan fingerprint density at radius 1 is 0.851 bits per heavy atom. The summed E-state index contributed by atoms with van der Waals surface area (Å²) in [5.74, 6) is 8.57. The quantitative estimate of drug-likeness (QED) is 0.0140. The van der Waals surface area contributed by atoms with Crippen molar-refractivity contribution in [2.24, 2.45) is 0 Å². The number of likely N-dealkylation sites (N-methyl/N-ethyl adjacent to an activating group) is 1. The highest BCUT2D eigenvalue weighted by Crippen LogP contribution is 2.44. The number of carbonyl (C=O) groups is 4. The van der Waals surface area contributed by atoms with Gasteiger partial charge in [0.15, 0.2) is 54.1 Å². The van der Waals surface area contributed by atoms with Crippen LogP contribution in [0.2, 0.25) is 0 Å². The van der Waals surface area contributed by atoms with Crippen LogP contribution < -0.4 is 30.9 Å². The maximum atomic E-state index is 15.6. The summed E-state index contributed by atoms with van der Waals surface area (Å²) in [6.45, 7) is 8.64. The van der Waals surface area contributed by atoms with Crippen LogP contribution in [0.5, 0.6) is 11.5 Å². The molecule has 7 rings (SSSR count). The number of anilines is 1. The second-order valence-electron chi connectivity index (χ2n) is 20.4. The lowest BCUT2D eigenvalue weighted by Crippen LogP contribution is -2.65. The summed E-state index contributed by atoms with van der Waals surface area (Å²) in [5, 5.41) is 56.4. The SMILES string of the molecule is C=C(OC)C(=O)Nc1cc(OC)c(OC)cc1C(=O)O[C@H]1C[C@H](O[C@@H]2C(=O)C(NC(=O)OC)=C3/C(=C/CSSSC)[C@]2(O)C#C/C=C/C#C[C@@H]3O[C@@H]2O[C@H](C)[C@@H](NO[C@H]3C[C@H](O)[C@H](SC)[C@@H](C)O3)[C@H](O)[C@H]2O[C@H]2C[C@H](OC)[C@@H](NC)CO2)O[C@@H](C)[C@H]1O. The molecule has 480 valence electrons. The largest absolute Gasteiger partial charge is 0.493 e. The third-order valence-corrected chi connectivity index (χ3v) is 20.0. The Bertz CT molecular complexity index is 2830. The molecule has 4 fully saturated rings. The number of aliphatic hydroxyl groups is 4. The average Bonchev–Trinajstić information content (AvgIpc) is 0.930. The number of hydrogen-bond acceptors (Lipinski definition) is 28. The minimum atomic E-state index is -2.66. The van der Waals surface area contributed by atoms with E-state index in [9.17, 15) is 34.8 Å². The molecular weight excluding hydrogens is 1220 g/mol. The van der Waals surface area contributed by atoms with E-state index < -0.39 is 134 Å². The number of alkyl carbamates (subject to hydrolysis) is 1. The van der Waals surface area contributed by atoms with Crippen molar-refractivity contribution in [3.8, 4) is 35.2 Å². The zero-order chi connectivity index (χ0) is 63.3. The van der Waals surface area contributed by atoms with E-state index in [1.165, 1.54) is 95.7 Å². The van der Waals surface area contributed by atoms with E-state index in [-0.39, 0.29) is 82.3 Å². The lowest BCUT2D eigenvalue weighted by molar-refractivity contribution is -0.336. The molecule has 1 aromatic rings. The Hall–Kier alpha value is -4.62. The van der Waals surface area contributed by atoms with Gasteiger partial charge in [-0.3, -0.25) is 19.7 Å². The first-order chi connectivity index (χ1) is 41.7. The number of esters is 1. The first kappa shape index (κ1) is 69.8. The molecule has 4 saturated heterocycles. The molecule has 2 aliphatic carbocycles. The standard InChI is InChI=1S/C57H76N4O22S4/c1-27-45(61-83-43-23-35(62)51(84-11)29(3)77-43)48(64)50(81-41-24-37(71-7)34(58-5)26-75-41)55(78-27)80-36-17-15-13-14-16-19-57(69)32(18-20-86-87-85-12)44(36)46(60-56(68)74-10)49(65)52(57)82-42-25-40(47(63)28(2)76-42)79-54(67)31-21-38(72-8)39(73-9)22-33(31)59-53(66)30(4)70-6/h13-14,18,21-22,27-29,34-37,40-43,45,47-48,50-52,55,58,61-64,69H,4,20,23-26H2,1-3,5-12H3,(H,59,66)(H,60,68)/b14-13+,32-18-/t27-,28+,29-,34+,35+,36+,37+,40+,41+,42+,43+,45-,47-,48+,50-,51-,52-,55+,57-/m1/s1. The molecule has 30 heteroatoms. The number of fused-ring (bicyclic) bond motifs is 2. The molecule has 1 aromatic carbocycles. The van der Waals surface area contributed by atoms with Crippen LogP contribution in [0, 0.1) is 23.7 Å². The van der Waals surface area contributed by atoms with Crippen molar-refractivity contribution in [3.63, 3.8) is 0 Å². The number of amides is 2. The lowest BCUT2D eigenvalue weighted by Gasteiger charge is -2.47. The van der Waals surface area contributed by atoms with E-state index in [1.54, 1.807) is 27.2 Å². The van der Waals surface area contributed by atoms with Gasteiger partial charge in [0.2, 0.25) is 5.78 Å². The van der Waals surface area contributed by atoms with E-state index in [0.717, 1.165) is 7.11 Å². The monoisotopic (exact) mass is 1300 g/mol. The Morgan fingerprint density at radius 3 is 2.23 bits per heavy atom. The predicted molar refractivity (Wildman–Crippen MR) is 321 cm³/mol.